The van der Waals surface area contributed by atoms with Crippen molar-refractivity contribution in [3.63, 3.8) is 0 Å². The van der Waals surface area contributed by atoms with Gasteiger partial charge in [0, 0.05) is 0 Å². The number of aliphatic carboxylic acids is 1. The van der Waals surface area contributed by atoms with Crippen molar-refractivity contribution in [2.24, 2.45) is 5.73 Å². The Morgan fingerprint density at radius 1 is 1.17 bits per heavy atom. The van der Waals surface area contributed by atoms with E-state index in [0.717, 1.165) is 0 Å². The van der Waals surface area contributed by atoms with E-state index in [4.69, 9.17) is 15.9 Å². The molecule has 0 saturated heterocycles. The Kier molecular flexibility index (Phi) is 8.19. The van der Waals surface area contributed by atoms with Crippen LogP contribution in [0.3, 0.4) is 0 Å². The van der Waals surface area contributed by atoms with E-state index in [1.807, 2.05) is 0 Å². The minimum atomic E-state index is -1.45. The van der Waals surface area contributed by atoms with E-state index in [1.54, 1.807) is 6.92 Å². The Morgan fingerprint density at radius 2 is 1.74 bits per heavy atom. The van der Waals surface area contributed by atoms with Crippen LogP contribution in [0, 0.1) is 0 Å². The number of carbonyl (C=O) groups is 4. The highest BCUT2D eigenvalue weighted by Gasteiger charge is 2.31. The van der Waals surface area contributed by atoms with Gasteiger partial charge in [0.05, 0.1) is 25.2 Å². The number of nitrogens with one attached hydrogen (secondary N) is 2. The summed E-state index contributed by atoms with van der Waals surface area (Å²) in [4.78, 5) is 46.2. The maximum absolute atomic E-state index is 12.1. The zero-order chi connectivity index (χ0) is 18.2. The quantitative estimate of drug-likeness (QED) is 0.294. The summed E-state index contributed by atoms with van der Waals surface area (Å²) in [6.45, 7) is 3.62. The van der Waals surface area contributed by atoms with Gasteiger partial charge in [-0.3, -0.25) is 14.4 Å². The minimum absolute atomic E-state index is 0.0435. The molecule has 0 aromatic carbocycles. The molecule has 0 aromatic rings. The third kappa shape index (κ3) is 7.56. The van der Waals surface area contributed by atoms with Crippen LogP contribution < -0.4 is 16.4 Å². The molecule has 10 nitrogen and oxygen atoms in total. The van der Waals surface area contributed by atoms with E-state index in [0.29, 0.717) is 0 Å². The number of hydrogen-bond donors (Lipinski definition) is 5. The molecule has 0 radical (unpaired) electrons. The molecule has 0 spiro atoms. The van der Waals surface area contributed by atoms with Gasteiger partial charge in [0.2, 0.25) is 11.8 Å². The molecular weight excluding hydrogens is 310 g/mol. The number of ether oxygens (including phenoxy) is 1. The molecule has 0 fully saturated rings. The van der Waals surface area contributed by atoms with Crippen LogP contribution in [-0.2, 0) is 23.9 Å². The number of nitrogens with two attached hydrogens (primary N) is 1. The van der Waals surface area contributed by atoms with Gasteiger partial charge in [-0.15, -0.1) is 0 Å². The lowest BCUT2D eigenvalue weighted by Crippen LogP contribution is -2.58. The van der Waals surface area contributed by atoms with Crippen molar-refractivity contribution in [3.05, 3.63) is 0 Å². The summed E-state index contributed by atoms with van der Waals surface area (Å²) in [5, 5.41) is 22.3. The van der Waals surface area contributed by atoms with Gasteiger partial charge in [0.15, 0.2) is 6.04 Å². The van der Waals surface area contributed by atoms with Crippen molar-refractivity contribution >= 4 is 23.8 Å². The van der Waals surface area contributed by atoms with Crippen LogP contribution in [0.25, 0.3) is 0 Å². The van der Waals surface area contributed by atoms with E-state index in [9.17, 15) is 19.2 Å². The summed E-state index contributed by atoms with van der Waals surface area (Å²) >= 11 is 0. The first-order valence-corrected chi connectivity index (χ1v) is 6.92. The molecule has 10 heteroatoms. The summed E-state index contributed by atoms with van der Waals surface area (Å²) in [6.07, 6.45) is -0.714. The first-order valence-electron chi connectivity index (χ1n) is 6.92. The summed E-state index contributed by atoms with van der Waals surface area (Å²) < 4.78 is 4.65. The summed E-state index contributed by atoms with van der Waals surface area (Å²) in [6, 6.07) is -2.81. The smallest absolute Gasteiger partial charge is 0.331 e. The Labute approximate surface area is 133 Å². The molecule has 0 aromatic heterocycles. The summed E-state index contributed by atoms with van der Waals surface area (Å²) in [5.74, 6) is -3.90. The number of aliphatic hydroxyl groups excluding tert-OH is 1. The van der Waals surface area contributed by atoms with Gasteiger partial charge in [-0.25, -0.2) is 4.79 Å². The van der Waals surface area contributed by atoms with Crippen LogP contribution in [0.2, 0.25) is 0 Å². The molecule has 2 amide bonds. The molecule has 0 aliphatic rings. The molecule has 0 unspecified atom stereocenters. The zero-order valence-electron chi connectivity index (χ0n) is 13.3. The molecule has 132 valence electrons. The zero-order valence-corrected chi connectivity index (χ0v) is 13.3. The minimum Gasteiger partial charge on any atom is -0.481 e. The van der Waals surface area contributed by atoms with E-state index < -0.39 is 54.4 Å². The number of amides is 2. The number of esters is 1. The summed E-state index contributed by atoms with van der Waals surface area (Å²) in [5.41, 5.74) is 4.24. The lowest BCUT2D eigenvalue weighted by molar-refractivity contribution is -0.149. The van der Waals surface area contributed by atoms with E-state index in [1.165, 1.54) is 13.8 Å². The van der Waals surface area contributed by atoms with Crippen molar-refractivity contribution in [2.75, 3.05) is 13.2 Å². The number of carboxylic acid groups (broad SMARTS) is 1. The Morgan fingerprint density at radius 3 is 2.13 bits per heavy atom. The Hall–Kier alpha value is -2.20. The highest BCUT2D eigenvalue weighted by molar-refractivity contribution is 5.95. The van der Waals surface area contributed by atoms with Crippen molar-refractivity contribution < 1.29 is 34.1 Å². The maximum atomic E-state index is 12.1. The van der Waals surface area contributed by atoms with E-state index in [-0.39, 0.29) is 6.61 Å². The second kappa shape index (κ2) is 9.06. The van der Waals surface area contributed by atoms with Crippen LogP contribution in [-0.4, -0.2) is 64.8 Å². The van der Waals surface area contributed by atoms with Gasteiger partial charge in [0.1, 0.15) is 6.04 Å². The van der Waals surface area contributed by atoms with Gasteiger partial charge >= 0.3 is 11.9 Å². The van der Waals surface area contributed by atoms with Gasteiger partial charge in [0.25, 0.3) is 0 Å². The van der Waals surface area contributed by atoms with Crippen LogP contribution >= 0.6 is 0 Å². The molecule has 0 rings (SSSR count). The Bertz CT molecular complexity index is 459. The topological polar surface area (TPSA) is 168 Å². The molecule has 0 saturated carbocycles. The standard InChI is InChI=1S/C13H23N3O7/c1-4-23-11(21)8(6-17)15-10(20)7(5-9(18)19)16-12(22)13(2,3)14/h7-8,17H,4-6,14H2,1-3H3,(H,15,20)(H,16,22)(H,18,19)/t7-,8+/m0/s1. The SMILES string of the molecule is CCOC(=O)[C@@H](CO)NC(=O)[C@H](CC(=O)O)NC(=O)C(C)(C)N. The van der Waals surface area contributed by atoms with Crippen LogP contribution in [0.5, 0.6) is 0 Å². The summed E-state index contributed by atoms with van der Waals surface area (Å²) in [7, 11) is 0. The van der Waals surface area contributed by atoms with Crippen molar-refractivity contribution in [1.82, 2.24) is 10.6 Å². The third-order valence-corrected chi connectivity index (χ3v) is 2.66. The normalized spacial score (nSPS) is 13.6. The second-order valence-corrected chi connectivity index (χ2v) is 5.34. The van der Waals surface area contributed by atoms with E-state index in [2.05, 4.69) is 15.4 Å². The van der Waals surface area contributed by atoms with Crippen molar-refractivity contribution in [2.45, 2.75) is 44.8 Å². The van der Waals surface area contributed by atoms with Crippen LogP contribution in [0.15, 0.2) is 0 Å². The third-order valence-electron chi connectivity index (χ3n) is 2.66. The predicted molar refractivity (Wildman–Crippen MR) is 78.1 cm³/mol. The lowest BCUT2D eigenvalue weighted by atomic mass is 10.0. The molecule has 2 atom stereocenters. The molecule has 23 heavy (non-hydrogen) atoms. The van der Waals surface area contributed by atoms with Gasteiger partial charge in [-0.05, 0) is 20.8 Å². The largest absolute Gasteiger partial charge is 0.481 e. The average Bonchev–Trinajstić information content (AvgIpc) is 2.42. The van der Waals surface area contributed by atoms with Crippen molar-refractivity contribution in [1.29, 1.82) is 0 Å². The second-order valence-electron chi connectivity index (χ2n) is 5.34. The Balaban J connectivity index is 5.02. The first kappa shape index (κ1) is 20.8. The molecule has 0 aliphatic heterocycles. The monoisotopic (exact) mass is 333 g/mol. The average molecular weight is 333 g/mol. The highest BCUT2D eigenvalue weighted by Crippen LogP contribution is 2.01. The molecule has 6 N–H and O–H groups in total. The number of hydrogen-bond acceptors (Lipinski definition) is 7. The first-order chi connectivity index (χ1) is 10.5. The number of carbonyl (C=O) groups excluding carboxylic acids is 3. The molecule has 0 heterocycles. The number of rotatable bonds is 9. The highest BCUT2D eigenvalue weighted by atomic mass is 16.5. The fourth-order valence-electron chi connectivity index (χ4n) is 1.42. The number of carboxylic acids is 1. The lowest BCUT2D eigenvalue weighted by Gasteiger charge is -2.24. The van der Waals surface area contributed by atoms with Crippen LogP contribution in [0.1, 0.15) is 27.2 Å². The predicted octanol–water partition coefficient (Wildman–Crippen LogP) is -2.28. The maximum Gasteiger partial charge on any atom is 0.331 e. The van der Waals surface area contributed by atoms with Gasteiger partial charge < -0.3 is 31.3 Å². The van der Waals surface area contributed by atoms with Crippen molar-refractivity contribution in [3.8, 4) is 0 Å². The van der Waals surface area contributed by atoms with Crippen LogP contribution in [0.4, 0.5) is 0 Å². The van der Waals surface area contributed by atoms with E-state index >= 15 is 0 Å². The fraction of sp³-hybridized carbons (Fsp3) is 0.692. The molecule has 0 bridgehead atoms. The van der Waals surface area contributed by atoms with Gasteiger partial charge in [-0.1, -0.05) is 0 Å². The van der Waals surface area contributed by atoms with Gasteiger partial charge in [-0.2, -0.15) is 0 Å². The number of aliphatic hydroxyl groups is 1. The molecular formula is C13H23N3O7. The molecule has 0 aliphatic carbocycles. The fourth-order valence-corrected chi connectivity index (χ4v) is 1.42.